The highest BCUT2D eigenvalue weighted by atomic mass is 79.9. The number of halogens is 1. The van der Waals surface area contributed by atoms with E-state index in [1.165, 1.54) is 0 Å². The van der Waals surface area contributed by atoms with Gasteiger partial charge in [0, 0.05) is 24.7 Å². The fraction of sp³-hybridized carbons (Fsp3) is 0.571. The monoisotopic (exact) mass is 328 g/mol. The molecule has 5 heteroatoms. The Balaban J connectivity index is 1.85. The van der Waals surface area contributed by atoms with Crippen LogP contribution < -0.4 is 10.6 Å². The van der Waals surface area contributed by atoms with Gasteiger partial charge in [-0.25, -0.2) is 0 Å². The van der Waals surface area contributed by atoms with Crippen LogP contribution >= 0.6 is 15.9 Å². The lowest BCUT2D eigenvalue weighted by Crippen LogP contribution is -2.37. The van der Waals surface area contributed by atoms with E-state index in [0.29, 0.717) is 19.3 Å². The second-order valence-electron chi connectivity index (χ2n) is 4.75. The van der Waals surface area contributed by atoms with Crippen molar-refractivity contribution in [1.29, 1.82) is 0 Å². The van der Waals surface area contributed by atoms with E-state index in [4.69, 9.17) is 15.2 Å². The smallest absolute Gasteiger partial charge is 0.0704 e. The molecule has 1 fully saturated rings. The van der Waals surface area contributed by atoms with Crippen molar-refractivity contribution in [3.63, 3.8) is 0 Å². The van der Waals surface area contributed by atoms with Crippen molar-refractivity contribution < 1.29 is 9.47 Å². The van der Waals surface area contributed by atoms with Gasteiger partial charge in [0.1, 0.15) is 0 Å². The van der Waals surface area contributed by atoms with Gasteiger partial charge >= 0.3 is 0 Å². The summed E-state index contributed by atoms with van der Waals surface area (Å²) in [5, 5.41) is 0. The van der Waals surface area contributed by atoms with Crippen LogP contribution in [0.4, 0.5) is 11.4 Å². The average molecular weight is 329 g/mol. The number of piperidine rings is 1. The predicted molar refractivity (Wildman–Crippen MR) is 81.6 cm³/mol. The number of anilines is 2. The minimum Gasteiger partial charge on any atom is -0.397 e. The molecule has 0 aliphatic carbocycles. The van der Waals surface area contributed by atoms with Gasteiger partial charge in [-0.2, -0.15) is 0 Å². The molecule has 0 unspecified atom stereocenters. The number of nitrogen functional groups attached to an aromatic ring is 1. The number of nitrogens with zero attached hydrogens (tertiary/aromatic N) is 1. The summed E-state index contributed by atoms with van der Waals surface area (Å²) in [6.45, 7) is 3.33. The van der Waals surface area contributed by atoms with Gasteiger partial charge in [0.15, 0.2) is 0 Å². The standard InChI is InChI=1S/C14H21BrN2O2/c1-18-8-9-19-12-4-6-17(7-5-12)14-3-2-11(15)10-13(14)16/h2-3,10,12H,4-9,16H2,1H3. The zero-order valence-electron chi connectivity index (χ0n) is 11.3. The summed E-state index contributed by atoms with van der Waals surface area (Å²) in [5.74, 6) is 0. The predicted octanol–water partition coefficient (Wildman–Crippen LogP) is 2.66. The first-order valence-electron chi connectivity index (χ1n) is 6.61. The van der Waals surface area contributed by atoms with Crippen LogP contribution in [0.1, 0.15) is 12.8 Å². The van der Waals surface area contributed by atoms with Crippen LogP contribution in [0.15, 0.2) is 22.7 Å². The number of hydrogen-bond acceptors (Lipinski definition) is 4. The van der Waals surface area contributed by atoms with E-state index in [-0.39, 0.29) is 0 Å². The van der Waals surface area contributed by atoms with Crippen molar-refractivity contribution in [3.8, 4) is 0 Å². The molecule has 0 saturated carbocycles. The molecular weight excluding hydrogens is 308 g/mol. The lowest BCUT2D eigenvalue weighted by Gasteiger charge is -2.34. The lowest BCUT2D eigenvalue weighted by atomic mass is 10.1. The Hall–Kier alpha value is -0.780. The summed E-state index contributed by atoms with van der Waals surface area (Å²) in [4.78, 5) is 2.33. The van der Waals surface area contributed by atoms with Crippen LogP contribution in [0, 0.1) is 0 Å². The van der Waals surface area contributed by atoms with Gasteiger partial charge in [0.2, 0.25) is 0 Å². The van der Waals surface area contributed by atoms with Gasteiger partial charge in [0.05, 0.1) is 30.7 Å². The van der Waals surface area contributed by atoms with Crippen molar-refractivity contribution in [2.24, 2.45) is 0 Å². The minimum absolute atomic E-state index is 0.350. The van der Waals surface area contributed by atoms with Crippen molar-refractivity contribution in [3.05, 3.63) is 22.7 Å². The average Bonchev–Trinajstić information content (AvgIpc) is 2.40. The first kappa shape index (κ1) is 14.6. The quantitative estimate of drug-likeness (QED) is 0.666. The van der Waals surface area contributed by atoms with Gasteiger partial charge in [-0.05, 0) is 31.0 Å². The molecule has 0 bridgehead atoms. The van der Waals surface area contributed by atoms with E-state index in [1.807, 2.05) is 12.1 Å². The van der Waals surface area contributed by atoms with E-state index in [2.05, 4.69) is 26.9 Å². The second-order valence-corrected chi connectivity index (χ2v) is 5.67. The first-order valence-corrected chi connectivity index (χ1v) is 7.40. The number of nitrogens with two attached hydrogens (primary N) is 1. The molecule has 1 aromatic carbocycles. The maximum Gasteiger partial charge on any atom is 0.0704 e. The van der Waals surface area contributed by atoms with Crippen LogP contribution in [0.5, 0.6) is 0 Å². The minimum atomic E-state index is 0.350. The van der Waals surface area contributed by atoms with E-state index in [9.17, 15) is 0 Å². The molecule has 0 atom stereocenters. The van der Waals surface area contributed by atoms with Crippen LogP contribution in [0.3, 0.4) is 0 Å². The molecule has 1 aliphatic heterocycles. The Morgan fingerprint density at radius 2 is 2.05 bits per heavy atom. The molecule has 0 aromatic heterocycles. The Bertz CT molecular complexity index is 406. The van der Waals surface area contributed by atoms with Crippen LogP contribution in [-0.4, -0.2) is 39.5 Å². The molecule has 0 spiro atoms. The summed E-state index contributed by atoms with van der Waals surface area (Å²) in [7, 11) is 1.70. The number of ether oxygens (including phenoxy) is 2. The summed E-state index contributed by atoms with van der Waals surface area (Å²) in [6, 6.07) is 6.06. The summed E-state index contributed by atoms with van der Waals surface area (Å²) >= 11 is 3.43. The van der Waals surface area contributed by atoms with Crippen LogP contribution in [0.25, 0.3) is 0 Å². The topological polar surface area (TPSA) is 47.7 Å². The highest BCUT2D eigenvalue weighted by Gasteiger charge is 2.20. The molecule has 2 rings (SSSR count). The normalized spacial score (nSPS) is 16.8. The first-order chi connectivity index (χ1) is 9.20. The highest BCUT2D eigenvalue weighted by molar-refractivity contribution is 9.10. The molecule has 4 nitrogen and oxygen atoms in total. The third-order valence-corrected chi connectivity index (χ3v) is 3.91. The van der Waals surface area contributed by atoms with E-state index >= 15 is 0 Å². The Labute approximate surface area is 123 Å². The number of benzene rings is 1. The number of methoxy groups -OCH3 is 1. The number of rotatable bonds is 5. The van der Waals surface area contributed by atoms with E-state index in [0.717, 1.165) is 41.8 Å². The molecule has 106 valence electrons. The Kier molecular flexibility index (Phi) is 5.48. The van der Waals surface area contributed by atoms with E-state index < -0.39 is 0 Å². The van der Waals surface area contributed by atoms with Gasteiger partial charge in [0.25, 0.3) is 0 Å². The third-order valence-electron chi connectivity index (χ3n) is 3.41. The molecule has 19 heavy (non-hydrogen) atoms. The molecule has 1 heterocycles. The highest BCUT2D eigenvalue weighted by Crippen LogP contribution is 2.29. The molecule has 1 aromatic rings. The molecule has 0 amide bonds. The molecule has 0 radical (unpaired) electrons. The van der Waals surface area contributed by atoms with Gasteiger partial charge in [-0.15, -0.1) is 0 Å². The second kappa shape index (κ2) is 7.12. The molecular formula is C14H21BrN2O2. The lowest BCUT2D eigenvalue weighted by molar-refractivity contribution is 0.00611. The Morgan fingerprint density at radius 3 is 2.68 bits per heavy atom. The van der Waals surface area contributed by atoms with Crippen molar-refractivity contribution in [2.45, 2.75) is 18.9 Å². The number of hydrogen-bond donors (Lipinski definition) is 1. The molecule has 2 N–H and O–H groups in total. The van der Waals surface area contributed by atoms with Gasteiger partial charge in [-0.1, -0.05) is 15.9 Å². The Morgan fingerprint density at radius 1 is 1.32 bits per heavy atom. The largest absolute Gasteiger partial charge is 0.397 e. The summed E-state index contributed by atoms with van der Waals surface area (Å²) in [6.07, 6.45) is 2.43. The summed E-state index contributed by atoms with van der Waals surface area (Å²) < 4.78 is 11.8. The van der Waals surface area contributed by atoms with Crippen LogP contribution in [-0.2, 0) is 9.47 Å². The molecule has 1 saturated heterocycles. The van der Waals surface area contributed by atoms with Crippen molar-refractivity contribution in [1.82, 2.24) is 0 Å². The van der Waals surface area contributed by atoms with Crippen molar-refractivity contribution in [2.75, 3.05) is 44.0 Å². The summed E-state index contributed by atoms with van der Waals surface area (Å²) in [5.41, 5.74) is 8.02. The van der Waals surface area contributed by atoms with Crippen molar-refractivity contribution >= 4 is 27.3 Å². The fourth-order valence-electron chi connectivity index (χ4n) is 2.37. The van der Waals surface area contributed by atoms with Gasteiger partial charge in [-0.3, -0.25) is 0 Å². The zero-order valence-corrected chi connectivity index (χ0v) is 12.9. The van der Waals surface area contributed by atoms with E-state index in [1.54, 1.807) is 7.11 Å². The maximum absolute atomic E-state index is 6.07. The molecule has 1 aliphatic rings. The fourth-order valence-corrected chi connectivity index (χ4v) is 2.75. The van der Waals surface area contributed by atoms with Gasteiger partial charge < -0.3 is 20.1 Å². The third kappa shape index (κ3) is 4.09. The van der Waals surface area contributed by atoms with Crippen LogP contribution in [0.2, 0.25) is 0 Å². The maximum atomic E-state index is 6.07. The zero-order chi connectivity index (χ0) is 13.7. The SMILES string of the molecule is COCCOC1CCN(c2ccc(Br)cc2N)CC1.